The normalized spacial score (nSPS) is 10.8. The Hall–Kier alpha value is -1.35. The Kier molecular flexibility index (Phi) is 4.76. The summed E-state index contributed by atoms with van der Waals surface area (Å²) in [7, 11) is 0. The molecular weight excluding hydrogens is 248 g/mol. The maximum Gasteiger partial charge on any atom is 0.216 e. The molecule has 2 rings (SSSR count). The zero-order valence-corrected chi connectivity index (χ0v) is 11.3. The lowest BCUT2D eigenvalue weighted by Crippen LogP contribution is -1.92. The van der Waals surface area contributed by atoms with E-state index < -0.39 is 0 Å². The van der Waals surface area contributed by atoms with Crippen LogP contribution >= 0.6 is 11.6 Å². The summed E-state index contributed by atoms with van der Waals surface area (Å²) < 4.78 is 5.56. The Bertz CT molecular complexity index is 496. The van der Waals surface area contributed by atoms with Gasteiger partial charge in [-0.2, -0.15) is 0 Å². The van der Waals surface area contributed by atoms with E-state index in [1.54, 1.807) is 0 Å². The fourth-order valence-electron chi connectivity index (χ4n) is 1.83. The number of benzene rings is 1. The van der Waals surface area contributed by atoms with Crippen molar-refractivity contribution >= 4 is 11.6 Å². The quantitative estimate of drug-likeness (QED) is 0.751. The molecule has 0 N–H and O–H groups in total. The number of rotatable bonds is 6. The number of alkyl halides is 1. The predicted molar refractivity (Wildman–Crippen MR) is 71.9 cm³/mol. The van der Waals surface area contributed by atoms with E-state index in [0.717, 1.165) is 25.7 Å². The Morgan fingerprint density at radius 3 is 2.61 bits per heavy atom. The number of aryl methyl sites for hydroxylation is 4. The molecule has 0 saturated carbocycles. The van der Waals surface area contributed by atoms with Crippen molar-refractivity contribution in [3.05, 3.63) is 47.2 Å². The van der Waals surface area contributed by atoms with Crippen LogP contribution in [0.15, 0.2) is 28.7 Å². The second-order valence-corrected chi connectivity index (χ2v) is 4.75. The van der Waals surface area contributed by atoms with Gasteiger partial charge in [0.15, 0.2) is 0 Å². The summed E-state index contributed by atoms with van der Waals surface area (Å²) in [6, 6.07) is 8.48. The zero-order chi connectivity index (χ0) is 12.8. The summed E-state index contributed by atoms with van der Waals surface area (Å²) in [4.78, 5) is 0. The first-order chi connectivity index (χ1) is 8.78. The molecule has 18 heavy (non-hydrogen) atoms. The fraction of sp³-hybridized carbons (Fsp3) is 0.429. The van der Waals surface area contributed by atoms with Crippen molar-refractivity contribution in [1.29, 1.82) is 0 Å². The van der Waals surface area contributed by atoms with Gasteiger partial charge in [-0.05, 0) is 25.3 Å². The summed E-state index contributed by atoms with van der Waals surface area (Å²) in [6.07, 6.45) is 3.36. The average Bonchev–Trinajstić information content (AvgIpc) is 2.82. The molecule has 0 radical (unpaired) electrons. The maximum absolute atomic E-state index is 5.62. The highest BCUT2D eigenvalue weighted by molar-refractivity contribution is 6.17. The minimum atomic E-state index is 0.626. The highest BCUT2D eigenvalue weighted by atomic mass is 35.5. The van der Waals surface area contributed by atoms with Crippen LogP contribution in [0.4, 0.5) is 0 Å². The third-order valence-corrected chi connectivity index (χ3v) is 3.01. The summed E-state index contributed by atoms with van der Waals surface area (Å²) >= 11 is 5.62. The lowest BCUT2D eigenvalue weighted by Gasteiger charge is -1.99. The fourth-order valence-corrected chi connectivity index (χ4v) is 1.96. The van der Waals surface area contributed by atoms with Crippen LogP contribution in [0.5, 0.6) is 0 Å². The lowest BCUT2D eigenvalue weighted by molar-refractivity contribution is 0.447. The summed E-state index contributed by atoms with van der Waals surface area (Å²) in [5.41, 5.74) is 2.58. The lowest BCUT2D eigenvalue weighted by atomic mass is 10.1. The van der Waals surface area contributed by atoms with Gasteiger partial charge in [-0.3, -0.25) is 0 Å². The summed E-state index contributed by atoms with van der Waals surface area (Å²) in [6.45, 7) is 2.10. The van der Waals surface area contributed by atoms with Crippen LogP contribution in [-0.4, -0.2) is 16.1 Å². The van der Waals surface area contributed by atoms with E-state index in [1.165, 1.54) is 11.1 Å². The second kappa shape index (κ2) is 6.55. The molecular formula is C14H17ClN2O. The Morgan fingerprint density at radius 1 is 1.11 bits per heavy atom. The minimum Gasteiger partial charge on any atom is -0.425 e. The highest BCUT2D eigenvalue weighted by Gasteiger charge is 2.06. The van der Waals surface area contributed by atoms with E-state index in [9.17, 15) is 0 Å². The van der Waals surface area contributed by atoms with Crippen LogP contribution in [0.25, 0.3) is 0 Å². The van der Waals surface area contributed by atoms with Crippen molar-refractivity contribution in [2.75, 3.05) is 5.88 Å². The van der Waals surface area contributed by atoms with E-state index in [4.69, 9.17) is 16.0 Å². The van der Waals surface area contributed by atoms with Crippen LogP contribution in [0, 0.1) is 6.92 Å². The SMILES string of the molecule is Cc1cccc(CCc2nnc(CCCCl)o2)c1. The first-order valence-corrected chi connectivity index (χ1v) is 6.74. The monoisotopic (exact) mass is 264 g/mol. The third-order valence-electron chi connectivity index (χ3n) is 2.74. The summed E-state index contributed by atoms with van der Waals surface area (Å²) in [5, 5.41) is 8.06. The van der Waals surface area contributed by atoms with Crippen LogP contribution in [-0.2, 0) is 19.3 Å². The van der Waals surface area contributed by atoms with E-state index in [1.807, 2.05) is 0 Å². The van der Waals surface area contributed by atoms with Gasteiger partial charge in [-0.25, -0.2) is 0 Å². The second-order valence-electron chi connectivity index (χ2n) is 4.37. The van der Waals surface area contributed by atoms with Gasteiger partial charge in [0.2, 0.25) is 11.8 Å². The molecule has 1 aromatic heterocycles. The smallest absolute Gasteiger partial charge is 0.216 e. The number of nitrogens with zero attached hydrogens (tertiary/aromatic N) is 2. The Morgan fingerprint density at radius 2 is 1.89 bits per heavy atom. The van der Waals surface area contributed by atoms with E-state index in [-0.39, 0.29) is 0 Å². The Balaban J connectivity index is 1.88. The van der Waals surface area contributed by atoms with Gasteiger partial charge in [-0.1, -0.05) is 29.8 Å². The standard InChI is InChI=1S/C14H17ClN2O/c1-11-4-2-5-12(10-11)7-8-14-17-16-13(18-14)6-3-9-15/h2,4-5,10H,3,6-9H2,1H3. The molecule has 2 aromatic rings. The topological polar surface area (TPSA) is 38.9 Å². The third kappa shape index (κ3) is 3.84. The maximum atomic E-state index is 5.62. The number of halogens is 1. The first-order valence-electron chi connectivity index (χ1n) is 6.20. The molecule has 0 fully saturated rings. The van der Waals surface area contributed by atoms with Crippen molar-refractivity contribution in [2.24, 2.45) is 0 Å². The van der Waals surface area contributed by atoms with Crippen LogP contribution in [0.1, 0.15) is 29.3 Å². The van der Waals surface area contributed by atoms with E-state index in [2.05, 4.69) is 41.4 Å². The van der Waals surface area contributed by atoms with Gasteiger partial charge in [0.05, 0.1) is 0 Å². The number of aromatic nitrogens is 2. The zero-order valence-electron chi connectivity index (χ0n) is 10.5. The van der Waals surface area contributed by atoms with Gasteiger partial charge in [0.25, 0.3) is 0 Å². The molecule has 96 valence electrons. The number of hydrogen-bond donors (Lipinski definition) is 0. The van der Waals surface area contributed by atoms with Gasteiger partial charge in [-0.15, -0.1) is 21.8 Å². The number of hydrogen-bond acceptors (Lipinski definition) is 3. The average molecular weight is 265 g/mol. The molecule has 0 spiro atoms. The predicted octanol–water partition coefficient (Wildman–Crippen LogP) is 3.33. The van der Waals surface area contributed by atoms with Gasteiger partial charge < -0.3 is 4.42 Å². The summed E-state index contributed by atoms with van der Waals surface area (Å²) in [5.74, 6) is 2.03. The molecule has 0 saturated heterocycles. The van der Waals surface area contributed by atoms with Crippen molar-refractivity contribution < 1.29 is 4.42 Å². The minimum absolute atomic E-state index is 0.626. The molecule has 1 heterocycles. The van der Waals surface area contributed by atoms with Gasteiger partial charge in [0, 0.05) is 18.7 Å². The molecule has 0 atom stereocenters. The van der Waals surface area contributed by atoms with Crippen molar-refractivity contribution in [3.63, 3.8) is 0 Å². The molecule has 0 aliphatic carbocycles. The van der Waals surface area contributed by atoms with Gasteiger partial charge >= 0.3 is 0 Å². The molecule has 0 bridgehead atoms. The van der Waals surface area contributed by atoms with Crippen molar-refractivity contribution in [2.45, 2.75) is 32.6 Å². The van der Waals surface area contributed by atoms with Crippen LogP contribution < -0.4 is 0 Å². The molecule has 3 nitrogen and oxygen atoms in total. The Labute approximate surface area is 112 Å². The molecule has 1 aromatic carbocycles. The van der Waals surface area contributed by atoms with Crippen molar-refractivity contribution in [1.82, 2.24) is 10.2 Å². The highest BCUT2D eigenvalue weighted by Crippen LogP contribution is 2.09. The van der Waals surface area contributed by atoms with E-state index in [0.29, 0.717) is 17.7 Å². The first kappa shape index (κ1) is 13.1. The molecule has 0 unspecified atom stereocenters. The van der Waals surface area contributed by atoms with Crippen LogP contribution in [0.3, 0.4) is 0 Å². The molecule has 0 aliphatic heterocycles. The molecule has 4 heteroatoms. The van der Waals surface area contributed by atoms with E-state index >= 15 is 0 Å². The van der Waals surface area contributed by atoms with Crippen LogP contribution in [0.2, 0.25) is 0 Å². The van der Waals surface area contributed by atoms with Crippen molar-refractivity contribution in [3.8, 4) is 0 Å². The van der Waals surface area contributed by atoms with Gasteiger partial charge in [0.1, 0.15) is 0 Å². The largest absolute Gasteiger partial charge is 0.425 e. The molecule has 0 aliphatic rings. The molecule has 0 amide bonds.